The number of hydrogen-bond donors (Lipinski definition) is 0. The Balaban J connectivity index is 2.69. The number of carbonyl (C=O) groups excluding carboxylic acids is 1. The van der Waals surface area contributed by atoms with Crippen LogP contribution < -0.4 is 0 Å². The molecule has 84 valence electrons. The Kier molecular flexibility index (Phi) is 3.58. The molecule has 0 spiro atoms. The van der Waals surface area contributed by atoms with E-state index >= 15 is 0 Å². The van der Waals surface area contributed by atoms with E-state index in [0.29, 0.717) is 0 Å². The van der Waals surface area contributed by atoms with Gasteiger partial charge in [0.15, 0.2) is 0 Å². The van der Waals surface area contributed by atoms with Crippen LogP contribution in [0.1, 0.15) is 12.8 Å². The average Bonchev–Trinajstić information content (AvgIpc) is 2.42. The van der Waals surface area contributed by atoms with E-state index in [4.69, 9.17) is 10.00 Å². The number of hydrogen-bond acceptors (Lipinski definition) is 3. The van der Waals surface area contributed by atoms with E-state index < -0.39 is 30.8 Å². The minimum Gasteiger partial charge on any atom is -0.383 e. The van der Waals surface area contributed by atoms with Crippen molar-refractivity contribution in [3.8, 4) is 6.07 Å². The Bertz CT molecular complexity index is 288. The van der Waals surface area contributed by atoms with Gasteiger partial charge in [0.1, 0.15) is 6.42 Å². The Hall–Kier alpha value is -1.22. The molecule has 15 heavy (non-hydrogen) atoms. The Morgan fingerprint density at radius 3 is 2.93 bits per heavy atom. The molecule has 0 N–H and O–H groups in total. The average molecular weight is 218 g/mol. The molecule has 0 aromatic rings. The number of amides is 1. The SMILES string of the molecule is COC[C@H]1CC(F)(F)CN1C(=O)CC#N. The number of nitrogens with zero attached hydrogens (tertiary/aromatic N) is 2. The minimum absolute atomic E-state index is 0.0761. The molecule has 1 fully saturated rings. The van der Waals surface area contributed by atoms with Gasteiger partial charge in [-0.1, -0.05) is 0 Å². The summed E-state index contributed by atoms with van der Waals surface area (Å²) in [4.78, 5) is 12.4. The maximum atomic E-state index is 13.0. The zero-order chi connectivity index (χ0) is 11.5. The standard InChI is InChI=1S/C9H12F2N2O2/c1-15-5-7-4-9(10,11)6-13(7)8(14)2-3-12/h7H,2,4-6H2,1H3/t7-/m1/s1. The van der Waals surface area contributed by atoms with Crippen molar-refractivity contribution in [1.29, 1.82) is 5.26 Å². The van der Waals surface area contributed by atoms with Crippen LogP contribution in [0.15, 0.2) is 0 Å². The zero-order valence-electron chi connectivity index (χ0n) is 8.37. The van der Waals surface area contributed by atoms with Crippen LogP contribution in [-0.2, 0) is 9.53 Å². The first-order valence-electron chi connectivity index (χ1n) is 4.53. The van der Waals surface area contributed by atoms with Gasteiger partial charge in [0.25, 0.3) is 5.92 Å². The predicted octanol–water partition coefficient (Wildman–Crippen LogP) is 0.783. The van der Waals surface area contributed by atoms with Crippen LogP contribution in [0.2, 0.25) is 0 Å². The Morgan fingerprint density at radius 2 is 2.40 bits per heavy atom. The summed E-state index contributed by atoms with van der Waals surface area (Å²) in [5.41, 5.74) is 0. The number of halogens is 2. The predicted molar refractivity (Wildman–Crippen MR) is 47.2 cm³/mol. The van der Waals surface area contributed by atoms with Gasteiger partial charge in [-0.3, -0.25) is 4.79 Å². The highest BCUT2D eigenvalue weighted by Crippen LogP contribution is 2.32. The van der Waals surface area contributed by atoms with Crippen LogP contribution in [0.5, 0.6) is 0 Å². The molecule has 0 unspecified atom stereocenters. The molecule has 1 aliphatic rings. The maximum Gasteiger partial charge on any atom is 0.267 e. The summed E-state index contributed by atoms with van der Waals surface area (Å²) in [5, 5.41) is 8.33. The molecule has 0 radical (unpaired) electrons. The molecule has 1 heterocycles. The fourth-order valence-electron chi connectivity index (χ4n) is 1.70. The number of methoxy groups -OCH3 is 1. The molecule has 0 bridgehead atoms. The third-order valence-corrected chi connectivity index (χ3v) is 2.29. The van der Waals surface area contributed by atoms with E-state index in [1.807, 2.05) is 0 Å². The van der Waals surface area contributed by atoms with Crippen molar-refractivity contribution < 1.29 is 18.3 Å². The zero-order valence-corrected chi connectivity index (χ0v) is 8.37. The van der Waals surface area contributed by atoms with Gasteiger partial charge in [-0.2, -0.15) is 5.26 Å². The number of nitriles is 1. The minimum atomic E-state index is -2.87. The molecule has 4 nitrogen and oxygen atoms in total. The summed E-state index contributed by atoms with van der Waals surface area (Å²) in [6, 6.07) is 1.04. The molecule has 0 saturated carbocycles. The molecule has 1 aliphatic heterocycles. The fraction of sp³-hybridized carbons (Fsp3) is 0.778. The van der Waals surface area contributed by atoms with E-state index in [9.17, 15) is 13.6 Å². The number of ether oxygens (including phenoxy) is 1. The van der Waals surface area contributed by atoms with E-state index in [-0.39, 0.29) is 13.0 Å². The lowest BCUT2D eigenvalue weighted by Crippen LogP contribution is -2.38. The van der Waals surface area contributed by atoms with Crippen molar-refractivity contribution in [3.05, 3.63) is 0 Å². The van der Waals surface area contributed by atoms with Crippen molar-refractivity contribution in [2.75, 3.05) is 20.3 Å². The van der Waals surface area contributed by atoms with Crippen LogP contribution in [0, 0.1) is 11.3 Å². The quantitative estimate of drug-likeness (QED) is 0.703. The summed E-state index contributed by atoms with van der Waals surface area (Å²) in [6.45, 7) is -0.533. The van der Waals surface area contributed by atoms with Crippen molar-refractivity contribution in [3.63, 3.8) is 0 Å². The molecule has 0 aromatic heterocycles. The van der Waals surface area contributed by atoms with Crippen LogP contribution in [0.25, 0.3) is 0 Å². The molecule has 1 saturated heterocycles. The van der Waals surface area contributed by atoms with Gasteiger partial charge in [-0.25, -0.2) is 8.78 Å². The highest BCUT2D eigenvalue weighted by Gasteiger charge is 2.46. The van der Waals surface area contributed by atoms with Crippen LogP contribution in [-0.4, -0.2) is 43.0 Å². The van der Waals surface area contributed by atoms with Gasteiger partial charge in [0.05, 0.1) is 25.3 Å². The van der Waals surface area contributed by atoms with Crippen LogP contribution in [0.3, 0.4) is 0 Å². The molecule has 0 aromatic carbocycles. The van der Waals surface area contributed by atoms with Gasteiger partial charge >= 0.3 is 0 Å². The Morgan fingerprint density at radius 1 is 1.73 bits per heavy atom. The molecule has 1 atom stereocenters. The number of alkyl halides is 2. The normalized spacial score (nSPS) is 23.9. The smallest absolute Gasteiger partial charge is 0.267 e. The maximum absolute atomic E-state index is 13.0. The van der Waals surface area contributed by atoms with E-state index in [1.54, 1.807) is 6.07 Å². The van der Waals surface area contributed by atoms with Crippen molar-refractivity contribution >= 4 is 5.91 Å². The highest BCUT2D eigenvalue weighted by atomic mass is 19.3. The summed E-state index contributed by atoms with van der Waals surface area (Å²) >= 11 is 0. The second kappa shape index (κ2) is 4.53. The van der Waals surface area contributed by atoms with Crippen molar-refractivity contribution in [2.24, 2.45) is 0 Å². The summed E-state index contributed by atoms with van der Waals surface area (Å²) in [6.07, 6.45) is -0.756. The van der Waals surface area contributed by atoms with Gasteiger partial charge in [0, 0.05) is 13.5 Å². The highest BCUT2D eigenvalue weighted by molar-refractivity contribution is 5.79. The largest absolute Gasteiger partial charge is 0.383 e. The summed E-state index contributed by atoms with van der Waals surface area (Å²) < 4.78 is 30.8. The van der Waals surface area contributed by atoms with Gasteiger partial charge in [-0.15, -0.1) is 0 Å². The van der Waals surface area contributed by atoms with Crippen LogP contribution in [0.4, 0.5) is 8.78 Å². The second-order valence-electron chi connectivity index (χ2n) is 3.53. The topological polar surface area (TPSA) is 53.3 Å². The lowest BCUT2D eigenvalue weighted by atomic mass is 10.2. The van der Waals surface area contributed by atoms with Gasteiger partial charge in [0.2, 0.25) is 5.91 Å². The first-order valence-corrected chi connectivity index (χ1v) is 4.53. The first kappa shape index (κ1) is 11.9. The second-order valence-corrected chi connectivity index (χ2v) is 3.53. The van der Waals surface area contributed by atoms with Gasteiger partial charge in [-0.05, 0) is 0 Å². The molecular weight excluding hydrogens is 206 g/mol. The molecule has 1 amide bonds. The number of likely N-dealkylation sites (tertiary alicyclic amines) is 1. The monoisotopic (exact) mass is 218 g/mol. The number of carbonyl (C=O) groups is 1. The van der Waals surface area contributed by atoms with E-state index in [1.165, 1.54) is 7.11 Å². The van der Waals surface area contributed by atoms with Crippen molar-refractivity contribution in [1.82, 2.24) is 4.90 Å². The molecular formula is C9H12F2N2O2. The lowest BCUT2D eigenvalue weighted by molar-refractivity contribution is -0.132. The summed E-state index contributed by atoms with van der Waals surface area (Å²) in [5.74, 6) is -3.43. The lowest BCUT2D eigenvalue weighted by Gasteiger charge is -2.21. The van der Waals surface area contributed by atoms with Gasteiger partial charge < -0.3 is 9.64 Å². The third-order valence-electron chi connectivity index (χ3n) is 2.29. The van der Waals surface area contributed by atoms with Crippen LogP contribution >= 0.6 is 0 Å². The first-order chi connectivity index (χ1) is 7.00. The van der Waals surface area contributed by atoms with E-state index in [0.717, 1.165) is 4.90 Å². The third kappa shape index (κ3) is 2.86. The molecule has 0 aliphatic carbocycles. The molecule has 1 rings (SSSR count). The van der Waals surface area contributed by atoms with E-state index in [2.05, 4.69) is 0 Å². The molecule has 6 heteroatoms. The fourth-order valence-corrected chi connectivity index (χ4v) is 1.70. The van der Waals surface area contributed by atoms with Crippen molar-refractivity contribution in [2.45, 2.75) is 24.8 Å². The Labute approximate surface area is 86.4 Å². The number of rotatable bonds is 3. The summed E-state index contributed by atoms with van der Waals surface area (Å²) in [7, 11) is 1.39.